The van der Waals surface area contributed by atoms with Crippen molar-refractivity contribution in [1.29, 1.82) is 0 Å². The smallest absolute Gasteiger partial charge is 0.293 e. The molecule has 134 valence electrons. The molecule has 0 saturated heterocycles. The zero-order valence-corrected chi connectivity index (χ0v) is 15.0. The molecule has 0 bridgehead atoms. The molecule has 25 heavy (non-hydrogen) atoms. The van der Waals surface area contributed by atoms with Gasteiger partial charge < -0.3 is 4.90 Å². The Kier molecular flexibility index (Phi) is 6.21. The van der Waals surface area contributed by atoms with E-state index in [1.54, 1.807) is 18.3 Å². The SMILES string of the molecule is CC(C)CN(CC(C)C)c1ccc(/C=N/n2cnnc2)cc1[N+](=O)[O-]. The van der Waals surface area contributed by atoms with E-state index in [-0.39, 0.29) is 10.6 Å². The van der Waals surface area contributed by atoms with Gasteiger partial charge in [-0.15, -0.1) is 10.2 Å². The molecule has 0 aliphatic rings. The highest BCUT2D eigenvalue weighted by Gasteiger charge is 2.21. The summed E-state index contributed by atoms with van der Waals surface area (Å²) in [6.45, 7) is 9.98. The summed E-state index contributed by atoms with van der Waals surface area (Å²) < 4.78 is 1.43. The fraction of sp³-hybridized carbons (Fsp3) is 0.471. The van der Waals surface area contributed by atoms with Crippen molar-refractivity contribution in [2.45, 2.75) is 27.7 Å². The number of nitro groups is 1. The number of hydrogen-bond acceptors (Lipinski definition) is 6. The van der Waals surface area contributed by atoms with E-state index in [1.807, 2.05) is 6.07 Å². The molecule has 0 radical (unpaired) electrons. The third-order valence-electron chi connectivity index (χ3n) is 3.45. The quantitative estimate of drug-likeness (QED) is 0.417. The first-order valence-corrected chi connectivity index (χ1v) is 8.29. The second-order valence-corrected chi connectivity index (χ2v) is 6.78. The average Bonchev–Trinajstić information content (AvgIpc) is 3.04. The van der Waals surface area contributed by atoms with Crippen LogP contribution >= 0.6 is 0 Å². The van der Waals surface area contributed by atoms with Crippen LogP contribution in [0.15, 0.2) is 36.0 Å². The predicted octanol–water partition coefficient (Wildman–Crippen LogP) is 3.19. The Balaban J connectivity index is 2.35. The largest absolute Gasteiger partial charge is 0.365 e. The first kappa shape index (κ1) is 18.6. The van der Waals surface area contributed by atoms with Crippen LogP contribution in [0.2, 0.25) is 0 Å². The van der Waals surface area contributed by atoms with Gasteiger partial charge in [0.1, 0.15) is 18.3 Å². The maximum Gasteiger partial charge on any atom is 0.293 e. The first-order valence-electron chi connectivity index (χ1n) is 8.29. The third-order valence-corrected chi connectivity index (χ3v) is 3.45. The van der Waals surface area contributed by atoms with Crippen molar-refractivity contribution in [3.05, 3.63) is 46.5 Å². The lowest BCUT2D eigenvalue weighted by Crippen LogP contribution is -2.31. The van der Waals surface area contributed by atoms with Crippen molar-refractivity contribution >= 4 is 17.6 Å². The Hall–Kier alpha value is -2.77. The number of hydrogen-bond donors (Lipinski definition) is 0. The van der Waals surface area contributed by atoms with Crippen molar-refractivity contribution < 1.29 is 4.92 Å². The summed E-state index contributed by atoms with van der Waals surface area (Å²) in [5.41, 5.74) is 1.39. The molecule has 2 aromatic rings. The third kappa shape index (κ3) is 5.37. The molecule has 8 nitrogen and oxygen atoms in total. The van der Waals surface area contributed by atoms with Crippen molar-refractivity contribution in [3.63, 3.8) is 0 Å². The molecule has 2 rings (SSSR count). The monoisotopic (exact) mass is 344 g/mol. The van der Waals surface area contributed by atoms with Crippen molar-refractivity contribution in [2.24, 2.45) is 16.9 Å². The van der Waals surface area contributed by atoms with Gasteiger partial charge in [-0.25, -0.2) is 4.68 Å². The molecule has 0 fully saturated rings. The molecule has 0 unspecified atom stereocenters. The zero-order valence-electron chi connectivity index (χ0n) is 15.0. The van der Waals surface area contributed by atoms with Gasteiger partial charge in [0, 0.05) is 24.7 Å². The van der Waals surface area contributed by atoms with Crippen molar-refractivity contribution in [1.82, 2.24) is 14.9 Å². The van der Waals surface area contributed by atoms with Crippen LogP contribution in [0.5, 0.6) is 0 Å². The maximum atomic E-state index is 11.6. The summed E-state index contributed by atoms with van der Waals surface area (Å²) in [4.78, 5) is 13.3. The topological polar surface area (TPSA) is 89.5 Å². The van der Waals surface area contributed by atoms with E-state index in [1.165, 1.54) is 17.3 Å². The van der Waals surface area contributed by atoms with Crippen LogP contribution in [0.1, 0.15) is 33.3 Å². The highest BCUT2D eigenvalue weighted by Crippen LogP contribution is 2.30. The van der Waals surface area contributed by atoms with Gasteiger partial charge >= 0.3 is 0 Å². The molecule has 1 aromatic heterocycles. The minimum Gasteiger partial charge on any atom is -0.365 e. The summed E-state index contributed by atoms with van der Waals surface area (Å²) in [6, 6.07) is 5.19. The van der Waals surface area contributed by atoms with Gasteiger partial charge in [0.2, 0.25) is 0 Å². The zero-order chi connectivity index (χ0) is 18.4. The number of nitrogens with zero attached hydrogens (tertiary/aromatic N) is 6. The van der Waals surface area contributed by atoms with E-state index < -0.39 is 0 Å². The molecular formula is C17H24N6O2. The summed E-state index contributed by atoms with van der Waals surface area (Å²) >= 11 is 0. The Morgan fingerprint density at radius 2 is 1.80 bits per heavy atom. The lowest BCUT2D eigenvalue weighted by molar-refractivity contribution is -0.384. The van der Waals surface area contributed by atoms with E-state index in [9.17, 15) is 10.1 Å². The van der Waals surface area contributed by atoms with Gasteiger partial charge in [0.05, 0.1) is 11.1 Å². The number of nitro benzene ring substituents is 1. The van der Waals surface area contributed by atoms with E-state index in [2.05, 4.69) is 47.9 Å². The summed E-state index contributed by atoms with van der Waals surface area (Å²) in [5, 5.41) is 23.0. The van der Waals surface area contributed by atoms with E-state index in [0.29, 0.717) is 23.1 Å². The first-order chi connectivity index (χ1) is 11.9. The standard InChI is InChI=1S/C17H24N6O2/c1-13(2)9-21(10-14(3)4)16-6-5-15(7-17(16)23(24)25)8-20-22-11-18-19-12-22/h5-8,11-14H,9-10H2,1-4H3/b20-8+. The lowest BCUT2D eigenvalue weighted by Gasteiger charge is -2.28. The number of anilines is 1. The van der Waals surface area contributed by atoms with Gasteiger partial charge in [-0.2, -0.15) is 5.10 Å². The number of benzene rings is 1. The molecule has 0 N–H and O–H groups in total. The molecule has 0 atom stereocenters. The second kappa shape index (κ2) is 8.36. The molecule has 0 aliphatic heterocycles. The minimum atomic E-state index is -0.334. The van der Waals surface area contributed by atoms with Gasteiger partial charge in [-0.05, 0) is 17.9 Å². The molecule has 0 amide bonds. The van der Waals surface area contributed by atoms with Crippen LogP contribution in [0.25, 0.3) is 0 Å². The van der Waals surface area contributed by atoms with Crippen LogP contribution < -0.4 is 4.90 Å². The summed E-state index contributed by atoms with van der Waals surface area (Å²) in [6.07, 6.45) is 4.45. The van der Waals surface area contributed by atoms with Gasteiger partial charge in [-0.3, -0.25) is 10.1 Å². The predicted molar refractivity (Wildman–Crippen MR) is 98.0 cm³/mol. The number of rotatable bonds is 8. The minimum absolute atomic E-state index is 0.0917. The van der Waals surface area contributed by atoms with E-state index in [0.717, 1.165) is 13.1 Å². The Labute approximate surface area is 147 Å². The van der Waals surface area contributed by atoms with Crippen molar-refractivity contribution in [2.75, 3.05) is 18.0 Å². The average molecular weight is 344 g/mol. The Bertz CT molecular complexity index is 715. The fourth-order valence-corrected chi connectivity index (χ4v) is 2.58. The summed E-state index contributed by atoms with van der Waals surface area (Å²) in [5.74, 6) is 0.821. The van der Waals surface area contributed by atoms with Gasteiger partial charge in [0.15, 0.2) is 0 Å². The van der Waals surface area contributed by atoms with Crippen molar-refractivity contribution in [3.8, 4) is 0 Å². The van der Waals surface area contributed by atoms with Gasteiger partial charge in [-0.1, -0.05) is 33.8 Å². The molecule has 0 spiro atoms. The van der Waals surface area contributed by atoms with Crippen LogP contribution in [0.3, 0.4) is 0 Å². The molecule has 0 aliphatic carbocycles. The van der Waals surface area contributed by atoms with E-state index >= 15 is 0 Å². The van der Waals surface area contributed by atoms with Crippen LogP contribution in [-0.4, -0.2) is 39.1 Å². The lowest BCUT2D eigenvalue weighted by atomic mass is 10.1. The van der Waals surface area contributed by atoms with Crippen LogP contribution in [0, 0.1) is 22.0 Å². The molecule has 1 heterocycles. The van der Waals surface area contributed by atoms with E-state index in [4.69, 9.17) is 0 Å². The second-order valence-electron chi connectivity index (χ2n) is 6.78. The number of aromatic nitrogens is 3. The normalized spacial score (nSPS) is 11.6. The van der Waals surface area contributed by atoms with Crippen LogP contribution in [0.4, 0.5) is 11.4 Å². The molecule has 0 saturated carbocycles. The molecule has 8 heteroatoms. The molecule has 1 aromatic carbocycles. The molecular weight excluding hydrogens is 320 g/mol. The highest BCUT2D eigenvalue weighted by molar-refractivity contribution is 5.83. The van der Waals surface area contributed by atoms with Crippen LogP contribution in [-0.2, 0) is 0 Å². The summed E-state index contributed by atoms with van der Waals surface area (Å²) in [7, 11) is 0. The highest BCUT2D eigenvalue weighted by atomic mass is 16.6. The fourth-order valence-electron chi connectivity index (χ4n) is 2.58. The van der Waals surface area contributed by atoms with Gasteiger partial charge in [0.25, 0.3) is 5.69 Å². The Morgan fingerprint density at radius 3 is 2.32 bits per heavy atom. The Morgan fingerprint density at radius 1 is 1.20 bits per heavy atom. The maximum absolute atomic E-state index is 11.6.